The van der Waals surface area contributed by atoms with Crippen molar-refractivity contribution in [3.63, 3.8) is 0 Å². The number of fused-ring (bicyclic) bond motifs is 3. The van der Waals surface area contributed by atoms with Crippen LogP contribution in [0.4, 0.5) is 11.5 Å². The van der Waals surface area contributed by atoms with Crippen molar-refractivity contribution in [1.29, 1.82) is 5.26 Å². The zero-order valence-corrected chi connectivity index (χ0v) is 20.2. The molecule has 0 bridgehead atoms. The number of hydrogen-bond donors (Lipinski definition) is 1. The number of aliphatic imine (C=N–C) groups is 1. The molecular weight excluding hydrogens is 448 g/mol. The molecule has 180 valence electrons. The molecule has 3 aliphatic heterocycles. The molecule has 0 saturated carbocycles. The van der Waals surface area contributed by atoms with E-state index >= 15 is 0 Å². The molecule has 8 nitrogen and oxygen atoms in total. The Labute approximate surface area is 210 Å². The van der Waals surface area contributed by atoms with Gasteiger partial charge in [-0.15, -0.1) is 0 Å². The number of benzene rings is 1. The SMILES string of the molecule is N#Cc1cccc2c1[C@@H](N)C1(CCN(c3cnc4c(n3)CN=C4N3CCCc4ncccc43)CC1)C2. The van der Waals surface area contributed by atoms with E-state index in [9.17, 15) is 5.26 Å². The van der Waals surface area contributed by atoms with Crippen molar-refractivity contribution < 1.29 is 0 Å². The van der Waals surface area contributed by atoms with Gasteiger partial charge >= 0.3 is 0 Å². The van der Waals surface area contributed by atoms with Gasteiger partial charge in [-0.2, -0.15) is 5.26 Å². The van der Waals surface area contributed by atoms with Gasteiger partial charge in [0, 0.05) is 31.9 Å². The minimum atomic E-state index is -0.0885. The van der Waals surface area contributed by atoms with Gasteiger partial charge in [0.15, 0.2) is 5.84 Å². The van der Waals surface area contributed by atoms with Crippen LogP contribution in [0.15, 0.2) is 47.7 Å². The lowest BCUT2D eigenvalue weighted by Crippen LogP contribution is -2.44. The highest BCUT2D eigenvalue weighted by Gasteiger charge is 2.47. The van der Waals surface area contributed by atoms with Crippen LogP contribution in [-0.2, 0) is 19.4 Å². The van der Waals surface area contributed by atoms with Crippen LogP contribution in [0, 0.1) is 16.7 Å². The van der Waals surface area contributed by atoms with Crippen LogP contribution in [0.5, 0.6) is 0 Å². The molecule has 1 spiro atoms. The molecule has 2 aromatic heterocycles. The number of hydrogen-bond acceptors (Lipinski definition) is 8. The van der Waals surface area contributed by atoms with Crippen molar-refractivity contribution in [2.45, 2.75) is 44.7 Å². The highest BCUT2D eigenvalue weighted by Crippen LogP contribution is 2.51. The van der Waals surface area contributed by atoms with E-state index in [1.807, 2.05) is 30.6 Å². The maximum absolute atomic E-state index is 9.58. The monoisotopic (exact) mass is 476 g/mol. The number of pyridine rings is 1. The maximum atomic E-state index is 9.58. The number of rotatable bonds is 1. The summed E-state index contributed by atoms with van der Waals surface area (Å²) in [6.45, 7) is 3.25. The summed E-state index contributed by atoms with van der Waals surface area (Å²) >= 11 is 0. The first-order valence-electron chi connectivity index (χ1n) is 12.8. The molecule has 5 heterocycles. The first-order chi connectivity index (χ1) is 17.7. The molecule has 2 N–H and O–H groups in total. The number of amidine groups is 1. The number of aromatic nitrogens is 3. The summed E-state index contributed by atoms with van der Waals surface area (Å²) in [5.41, 5.74) is 13.9. The van der Waals surface area contributed by atoms with Crippen LogP contribution in [0.25, 0.3) is 0 Å². The molecule has 0 unspecified atom stereocenters. The fourth-order valence-electron chi connectivity index (χ4n) is 6.61. The molecule has 8 heteroatoms. The fourth-order valence-corrected chi connectivity index (χ4v) is 6.61. The number of nitrogens with two attached hydrogens (primary N) is 1. The van der Waals surface area contributed by atoms with Crippen molar-refractivity contribution in [2.75, 3.05) is 29.4 Å². The zero-order chi connectivity index (χ0) is 24.3. The summed E-state index contributed by atoms with van der Waals surface area (Å²) in [7, 11) is 0. The predicted molar refractivity (Wildman–Crippen MR) is 138 cm³/mol. The molecule has 4 aliphatic rings. The molecular formula is C28H28N8. The number of anilines is 2. The van der Waals surface area contributed by atoms with Crippen LogP contribution in [0.2, 0.25) is 0 Å². The van der Waals surface area contributed by atoms with Crippen LogP contribution >= 0.6 is 0 Å². The molecule has 3 aromatic rings. The van der Waals surface area contributed by atoms with Gasteiger partial charge < -0.3 is 15.5 Å². The van der Waals surface area contributed by atoms with Crippen LogP contribution < -0.4 is 15.5 Å². The minimum absolute atomic E-state index is 0.0158. The second-order valence-corrected chi connectivity index (χ2v) is 10.4. The quantitative estimate of drug-likeness (QED) is 0.574. The smallest absolute Gasteiger partial charge is 0.156 e. The molecule has 0 radical (unpaired) electrons. The number of nitriles is 1. The lowest BCUT2D eigenvalue weighted by atomic mass is 9.73. The van der Waals surface area contributed by atoms with Crippen molar-refractivity contribution in [2.24, 2.45) is 16.1 Å². The van der Waals surface area contributed by atoms with Crippen LogP contribution in [-0.4, -0.2) is 40.4 Å². The standard InChI is InChI=1S/C28H28N8/c29-15-19-5-1-4-18-14-28(26(30)24(18)19)8-12-35(13-9-28)23-17-32-25-21(34-23)16-33-27(25)36-11-3-6-20-22(36)7-2-10-31-20/h1-2,4-5,7,10,17,26H,3,6,8-9,11-14,16,30H2/t26-/m1/s1. The average Bonchev–Trinajstić information content (AvgIpc) is 3.47. The van der Waals surface area contributed by atoms with Crippen molar-refractivity contribution >= 4 is 17.3 Å². The van der Waals surface area contributed by atoms with Gasteiger partial charge in [0.1, 0.15) is 11.5 Å². The van der Waals surface area contributed by atoms with E-state index in [0.717, 1.165) is 97.3 Å². The van der Waals surface area contributed by atoms with Crippen molar-refractivity contribution in [3.8, 4) is 6.07 Å². The number of piperidine rings is 1. The summed E-state index contributed by atoms with van der Waals surface area (Å²) in [6.07, 6.45) is 8.73. The van der Waals surface area contributed by atoms with E-state index in [1.54, 1.807) is 0 Å². The van der Waals surface area contributed by atoms with Crippen molar-refractivity contribution in [3.05, 3.63) is 76.5 Å². The summed E-state index contributed by atoms with van der Waals surface area (Å²) in [6, 6.07) is 12.4. The van der Waals surface area contributed by atoms with Crippen molar-refractivity contribution in [1.82, 2.24) is 15.0 Å². The lowest BCUT2D eigenvalue weighted by molar-refractivity contribution is 0.187. The van der Waals surface area contributed by atoms with Crippen LogP contribution in [0.1, 0.15) is 59.1 Å². The van der Waals surface area contributed by atoms with E-state index in [4.69, 9.17) is 20.7 Å². The van der Waals surface area contributed by atoms with Gasteiger partial charge in [0.05, 0.1) is 41.4 Å². The van der Waals surface area contributed by atoms with E-state index in [2.05, 4.69) is 33.0 Å². The first-order valence-corrected chi connectivity index (χ1v) is 12.8. The molecule has 1 fully saturated rings. The second-order valence-electron chi connectivity index (χ2n) is 10.4. The van der Waals surface area contributed by atoms with Gasteiger partial charge in [-0.1, -0.05) is 12.1 Å². The van der Waals surface area contributed by atoms with Gasteiger partial charge in [-0.3, -0.25) is 9.98 Å². The summed E-state index contributed by atoms with van der Waals surface area (Å²) in [5.74, 6) is 1.83. The largest absolute Gasteiger partial charge is 0.355 e. The second kappa shape index (κ2) is 8.10. The Balaban J connectivity index is 1.09. The molecule has 36 heavy (non-hydrogen) atoms. The summed E-state index contributed by atoms with van der Waals surface area (Å²) in [4.78, 5) is 23.9. The third kappa shape index (κ3) is 3.16. The highest BCUT2D eigenvalue weighted by atomic mass is 15.3. The zero-order valence-electron chi connectivity index (χ0n) is 20.2. The van der Waals surface area contributed by atoms with E-state index in [0.29, 0.717) is 6.54 Å². The van der Waals surface area contributed by atoms with Gasteiger partial charge in [-0.25, -0.2) is 9.97 Å². The predicted octanol–water partition coefficient (Wildman–Crippen LogP) is 3.30. The molecule has 1 atom stereocenters. The Morgan fingerprint density at radius 1 is 1.06 bits per heavy atom. The number of nitrogens with zero attached hydrogens (tertiary/aromatic N) is 7. The van der Waals surface area contributed by atoms with E-state index in [1.165, 1.54) is 5.56 Å². The highest BCUT2D eigenvalue weighted by molar-refractivity contribution is 6.11. The molecule has 1 saturated heterocycles. The average molecular weight is 477 g/mol. The Morgan fingerprint density at radius 2 is 1.94 bits per heavy atom. The maximum Gasteiger partial charge on any atom is 0.156 e. The van der Waals surface area contributed by atoms with E-state index in [-0.39, 0.29) is 11.5 Å². The van der Waals surface area contributed by atoms with Gasteiger partial charge in [0.25, 0.3) is 0 Å². The molecule has 7 rings (SSSR count). The molecule has 1 aliphatic carbocycles. The number of aryl methyl sites for hydroxylation is 1. The normalized spacial score (nSPS) is 21.6. The molecule has 1 aromatic carbocycles. The minimum Gasteiger partial charge on any atom is -0.355 e. The Kier molecular flexibility index (Phi) is 4.83. The first kappa shape index (κ1) is 21.5. The third-order valence-electron chi connectivity index (χ3n) is 8.54. The lowest BCUT2D eigenvalue weighted by Gasteiger charge is -2.42. The van der Waals surface area contributed by atoms with Crippen LogP contribution in [0.3, 0.4) is 0 Å². The summed E-state index contributed by atoms with van der Waals surface area (Å²) < 4.78 is 0. The molecule has 0 amide bonds. The van der Waals surface area contributed by atoms with E-state index < -0.39 is 0 Å². The van der Waals surface area contributed by atoms with Gasteiger partial charge in [0.2, 0.25) is 0 Å². The Hall–Kier alpha value is -3.83. The van der Waals surface area contributed by atoms with Gasteiger partial charge in [-0.05, 0) is 66.8 Å². The third-order valence-corrected chi connectivity index (χ3v) is 8.54. The topological polar surface area (TPSA) is 107 Å². The Bertz CT molecular complexity index is 1430. The fraction of sp³-hybridized carbons (Fsp3) is 0.393. The summed E-state index contributed by atoms with van der Waals surface area (Å²) in [5, 5.41) is 9.58. The Morgan fingerprint density at radius 3 is 2.81 bits per heavy atom.